The normalized spacial score (nSPS) is 10.7. The Hall–Kier alpha value is -3.17. The van der Waals surface area contributed by atoms with Gasteiger partial charge in [-0.1, -0.05) is 68.3 Å². The molecule has 0 amide bonds. The van der Waals surface area contributed by atoms with Gasteiger partial charge in [0.15, 0.2) is 0 Å². The fourth-order valence-electron chi connectivity index (χ4n) is 3.32. The van der Waals surface area contributed by atoms with Crippen molar-refractivity contribution in [1.29, 1.82) is 0 Å². The van der Waals surface area contributed by atoms with Gasteiger partial charge >= 0.3 is 0 Å². The Morgan fingerprint density at radius 1 is 0.882 bits per heavy atom. The predicted molar refractivity (Wildman–Crippen MR) is 140 cm³/mol. The highest BCUT2D eigenvalue weighted by atomic mass is 79.9. The van der Waals surface area contributed by atoms with Crippen LogP contribution >= 0.6 is 31.9 Å². The summed E-state index contributed by atoms with van der Waals surface area (Å²) in [5.41, 5.74) is 2.98. The second-order valence-electron chi connectivity index (χ2n) is 7.56. The Labute approximate surface area is 214 Å². The first kappa shape index (κ1) is 24.0. The Balaban J connectivity index is 1.52. The molecular formula is C25H23Br2N5O2. The minimum atomic E-state index is -0.190. The van der Waals surface area contributed by atoms with E-state index >= 15 is 0 Å². The zero-order valence-electron chi connectivity index (χ0n) is 18.5. The van der Waals surface area contributed by atoms with Gasteiger partial charge in [-0.2, -0.15) is 9.67 Å². The fraction of sp³-hybridized carbons (Fsp3) is 0.160. The Bertz CT molecular complexity index is 1270. The number of methoxy groups -OCH3 is 1. The van der Waals surface area contributed by atoms with Crippen LogP contribution in [0.5, 0.6) is 5.75 Å². The lowest BCUT2D eigenvalue weighted by Crippen LogP contribution is -2.18. The number of nitrogens with zero attached hydrogens (tertiary/aromatic N) is 3. The van der Waals surface area contributed by atoms with Crippen LogP contribution in [0, 0.1) is 0 Å². The van der Waals surface area contributed by atoms with Gasteiger partial charge in [0.2, 0.25) is 11.9 Å². The molecular weight excluding hydrogens is 562 g/mol. The van der Waals surface area contributed by atoms with Gasteiger partial charge in [0, 0.05) is 22.0 Å². The van der Waals surface area contributed by atoms with Crippen molar-refractivity contribution >= 4 is 49.7 Å². The van der Waals surface area contributed by atoms with Crippen molar-refractivity contribution in [3.63, 3.8) is 0 Å². The molecule has 1 heterocycles. The monoisotopic (exact) mass is 583 g/mol. The van der Waals surface area contributed by atoms with Crippen LogP contribution < -0.4 is 15.4 Å². The standard InChI is InChI=1S/C25H23Br2N5O2/c1-34-22-10-8-17(9-11-22)14-23(33)32-25(29-16-19-5-3-7-21(27)13-19)30-24(31-32)28-15-18-4-2-6-20(26)12-18/h2-13H,14-16H2,1H3,(H2,28,29,30,31). The Morgan fingerprint density at radius 3 is 2.09 bits per heavy atom. The molecule has 0 fully saturated rings. The molecule has 0 unspecified atom stereocenters. The van der Waals surface area contributed by atoms with Crippen molar-refractivity contribution in [2.45, 2.75) is 19.5 Å². The zero-order valence-corrected chi connectivity index (χ0v) is 21.6. The largest absolute Gasteiger partial charge is 0.497 e. The zero-order chi connectivity index (χ0) is 23.9. The molecule has 0 radical (unpaired) electrons. The first-order valence-electron chi connectivity index (χ1n) is 10.6. The van der Waals surface area contributed by atoms with Crippen molar-refractivity contribution in [3.8, 4) is 5.75 Å². The van der Waals surface area contributed by atoms with E-state index in [-0.39, 0.29) is 12.3 Å². The van der Waals surface area contributed by atoms with Crippen LogP contribution in [0.2, 0.25) is 0 Å². The molecule has 174 valence electrons. The summed E-state index contributed by atoms with van der Waals surface area (Å²) in [5.74, 6) is 1.31. The molecule has 0 atom stereocenters. The summed E-state index contributed by atoms with van der Waals surface area (Å²) in [6, 6.07) is 23.3. The number of rotatable bonds is 9. The average Bonchev–Trinajstić information content (AvgIpc) is 3.25. The van der Waals surface area contributed by atoms with E-state index in [0.717, 1.165) is 31.4 Å². The van der Waals surface area contributed by atoms with Crippen LogP contribution in [0.25, 0.3) is 0 Å². The van der Waals surface area contributed by atoms with E-state index in [1.165, 1.54) is 4.68 Å². The summed E-state index contributed by atoms with van der Waals surface area (Å²) in [6.07, 6.45) is 0.185. The van der Waals surface area contributed by atoms with Gasteiger partial charge in [0.1, 0.15) is 5.75 Å². The third-order valence-electron chi connectivity index (χ3n) is 5.04. The fourth-order valence-corrected chi connectivity index (χ4v) is 4.22. The predicted octanol–water partition coefficient (Wildman–Crippen LogP) is 5.92. The summed E-state index contributed by atoms with van der Waals surface area (Å²) in [5, 5.41) is 10.9. The highest BCUT2D eigenvalue weighted by Gasteiger charge is 2.17. The van der Waals surface area contributed by atoms with Gasteiger partial charge in [-0.05, 0) is 53.1 Å². The lowest BCUT2D eigenvalue weighted by atomic mass is 10.1. The Kier molecular flexibility index (Phi) is 7.97. The van der Waals surface area contributed by atoms with Gasteiger partial charge < -0.3 is 15.4 Å². The second kappa shape index (κ2) is 11.3. The number of hydrogen-bond acceptors (Lipinski definition) is 6. The van der Waals surface area contributed by atoms with Crippen LogP contribution in [0.3, 0.4) is 0 Å². The van der Waals surface area contributed by atoms with Crippen molar-refractivity contribution in [2.24, 2.45) is 0 Å². The molecule has 4 rings (SSSR count). The van der Waals surface area contributed by atoms with Crippen molar-refractivity contribution < 1.29 is 9.53 Å². The topological polar surface area (TPSA) is 81.1 Å². The SMILES string of the molecule is COc1ccc(CC(=O)n2nc(NCc3cccc(Br)c3)nc2NCc2cccc(Br)c2)cc1. The van der Waals surface area contributed by atoms with Crippen LogP contribution in [-0.4, -0.2) is 27.8 Å². The van der Waals surface area contributed by atoms with Crippen LogP contribution in [-0.2, 0) is 19.5 Å². The van der Waals surface area contributed by atoms with E-state index in [1.807, 2.05) is 72.8 Å². The van der Waals surface area contributed by atoms with Gasteiger partial charge in [-0.15, -0.1) is 5.10 Å². The average molecular weight is 585 g/mol. The number of halogens is 2. The molecule has 0 bridgehead atoms. The van der Waals surface area contributed by atoms with Gasteiger partial charge in [0.05, 0.1) is 13.5 Å². The van der Waals surface area contributed by atoms with Crippen LogP contribution in [0.15, 0.2) is 81.7 Å². The number of hydrogen-bond donors (Lipinski definition) is 2. The first-order valence-corrected chi connectivity index (χ1v) is 12.2. The molecule has 0 aliphatic carbocycles. The highest BCUT2D eigenvalue weighted by molar-refractivity contribution is 9.10. The number of carbonyl (C=O) groups excluding carboxylic acids is 1. The van der Waals surface area contributed by atoms with Crippen molar-refractivity contribution in [2.75, 3.05) is 17.7 Å². The molecule has 0 aliphatic rings. The van der Waals surface area contributed by atoms with E-state index in [9.17, 15) is 4.79 Å². The smallest absolute Gasteiger partial charge is 0.254 e. The van der Waals surface area contributed by atoms with E-state index in [1.54, 1.807) is 7.11 Å². The van der Waals surface area contributed by atoms with Gasteiger partial charge in [0.25, 0.3) is 5.91 Å². The minimum Gasteiger partial charge on any atom is -0.497 e. The molecule has 9 heteroatoms. The summed E-state index contributed by atoms with van der Waals surface area (Å²) >= 11 is 6.97. The maximum atomic E-state index is 13.1. The number of ether oxygens (including phenoxy) is 1. The molecule has 0 spiro atoms. The molecule has 3 aromatic carbocycles. The first-order chi connectivity index (χ1) is 16.5. The summed E-state index contributed by atoms with van der Waals surface area (Å²) < 4.78 is 8.51. The number of carbonyl (C=O) groups is 1. The Morgan fingerprint density at radius 2 is 1.50 bits per heavy atom. The van der Waals surface area contributed by atoms with E-state index in [0.29, 0.717) is 25.0 Å². The maximum absolute atomic E-state index is 13.1. The summed E-state index contributed by atoms with van der Waals surface area (Å²) in [4.78, 5) is 17.7. The van der Waals surface area contributed by atoms with E-state index < -0.39 is 0 Å². The highest BCUT2D eigenvalue weighted by Crippen LogP contribution is 2.18. The molecule has 7 nitrogen and oxygen atoms in total. The molecule has 2 N–H and O–H groups in total. The van der Waals surface area contributed by atoms with Crippen LogP contribution in [0.4, 0.5) is 11.9 Å². The second-order valence-corrected chi connectivity index (χ2v) is 9.39. The summed E-state index contributed by atoms with van der Waals surface area (Å²) in [7, 11) is 1.61. The number of benzene rings is 3. The van der Waals surface area contributed by atoms with Crippen molar-refractivity contribution in [1.82, 2.24) is 14.8 Å². The quantitative estimate of drug-likeness (QED) is 0.254. The summed E-state index contributed by atoms with van der Waals surface area (Å²) in [6.45, 7) is 1.03. The maximum Gasteiger partial charge on any atom is 0.254 e. The van der Waals surface area contributed by atoms with Gasteiger partial charge in [-0.3, -0.25) is 4.79 Å². The lowest BCUT2D eigenvalue weighted by Gasteiger charge is -2.08. The minimum absolute atomic E-state index is 0.185. The molecule has 4 aromatic rings. The van der Waals surface area contributed by atoms with Gasteiger partial charge in [-0.25, -0.2) is 0 Å². The molecule has 0 saturated carbocycles. The van der Waals surface area contributed by atoms with Crippen molar-refractivity contribution in [3.05, 3.63) is 98.4 Å². The molecule has 34 heavy (non-hydrogen) atoms. The number of aromatic nitrogens is 3. The number of nitrogens with one attached hydrogen (secondary N) is 2. The third-order valence-corrected chi connectivity index (χ3v) is 6.02. The molecule has 1 aromatic heterocycles. The third kappa shape index (κ3) is 6.45. The lowest BCUT2D eigenvalue weighted by molar-refractivity contribution is 0.0901. The van der Waals surface area contributed by atoms with E-state index in [4.69, 9.17) is 4.74 Å². The number of anilines is 2. The molecule has 0 aliphatic heterocycles. The molecule has 0 saturated heterocycles. The van der Waals surface area contributed by atoms with Crippen LogP contribution in [0.1, 0.15) is 21.5 Å². The van der Waals surface area contributed by atoms with E-state index in [2.05, 4.69) is 52.6 Å².